The second kappa shape index (κ2) is 9.11. The average Bonchev–Trinajstić information content (AvgIpc) is 3.03. The number of methoxy groups -OCH3 is 1. The van der Waals surface area contributed by atoms with Gasteiger partial charge in [-0.25, -0.2) is 4.79 Å². The molecule has 1 N–H and O–H groups in total. The molecule has 7 heteroatoms. The number of benzene rings is 2. The monoisotopic (exact) mass is 429 g/mol. The Morgan fingerprint density at radius 1 is 1.14 bits per heavy atom. The summed E-state index contributed by atoms with van der Waals surface area (Å²) in [4.78, 5) is 26.1. The molecule has 0 atom stereocenters. The molecular formula is C22H20ClNO4S. The van der Waals surface area contributed by atoms with Gasteiger partial charge in [0.05, 0.1) is 13.7 Å². The Morgan fingerprint density at radius 3 is 2.48 bits per heavy atom. The molecule has 0 spiro atoms. The summed E-state index contributed by atoms with van der Waals surface area (Å²) in [5.41, 5.74) is 2.30. The quantitative estimate of drug-likeness (QED) is 0.502. The molecule has 0 aliphatic carbocycles. The van der Waals surface area contributed by atoms with Crippen LogP contribution in [0.5, 0.6) is 5.75 Å². The van der Waals surface area contributed by atoms with E-state index in [1.807, 2.05) is 38.1 Å². The lowest BCUT2D eigenvalue weighted by Gasteiger charge is -2.09. The number of esters is 1. The van der Waals surface area contributed by atoms with Gasteiger partial charge in [-0.05, 0) is 49.7 Å². The minimum absolute atomic E-state index is 0.328. The third kappa shape index (κ3) is 4.60. The number of hydrogen-bond acceptors (Lipinski definition) is 5. The van der Waals surface area contributed by atoms with E-state index in [1.54, 1.807) is 24.3 Å². The Morgan fingerprint density at radius 2 is 1.86 bits per heavy atom. The van der Waals surface area contributed by atoms with Crippen molar-refractivity contribution in [1.29, 1.82) is 0 Å². The SMILES string of the molecule is CCOc1ccc(-c2c(C)sc(NC(=O)c3cccc(Cl)c3)c2C(=O)OC)cc1. The van der Waals surface area contributed by atoms with Gasteiger partial charge in [-0.3, -0.25) is 4.79 Å². The number of aryl methyl sites for hydroxylation is 1. The summed E-state index contributed by atoms with van der Waals surface area (Å²) in [7, 11) is 1.32. The lowest BCUT2D eigenvalue weighted by atomic mass is 10.0. The fourth-order valence-corrected chi connectivity index (χ4v) is 4.22. The predicted octanol–water partition coefficient (Wildman–Crippen LogP) is 5.81. The summed E-state index contributed by atoms with van der Waals surface area (Å²) in [5, 5.41) is 3.72. The van der Waals surface area contributed by atoms with Gasteiger partial charge in [0.2, 0.25) is 0 Å². The van der Waals surface area contributed by atoms with Crippen LogP contribution in [0.2, 0.25) is 5.02 Å². The zero-order valence-corrected chi connectivity index (χ0v) is 17.8. The maximum Gasteiger partial charge on any atom is 0.341 e. The molecule has 0 aliphatic heterocycles. The number of hydrogen-bond donors (Lipinski definition) is 1. The van der Waals surface area contributed by atoms with Crippen LogP contribution in [0.1, 0.15) is 32.5 Å². The van der Waals surface area contributed by atoms with E-state index < -0.39 is 5.97 Å². The van der Waals surface area contributed by atoms with E-state index in [0.717, 1.165) is 21.8 Å². The highest BCUT2D eigenvalue weighted by molar-refractivity contribution is 7.17. The van der Waals surface area contributed by atoms with Gasteiger partial charge in [-0.2, -0.15) is 0 Å². The maximum absolute atomic E-state index is 12.7. The van der Waals surface area contributed by atoms with Crippen molar-refractivity contribution in [3.8, 4) is 16.9 Å². The molecule has 3 aromatic rings. The number of nitrogens with one attached hydrogen (secondary N) is 1. The summed E-state index contributed by atoms with van der Waals surface area (Å²) < 4.78 is 10.5. The average molecular weight is 430 g/mol. The van der Waals surface area contributed by atoms with E-state index in [-0.39, 0.29) is 5.91 Å². The van der Waals surface area contributed by atoms with Crippen LogP contribution in [-0.4, -0.2) is 25.6 Å². The van der Waals surface area contributed by atoms with Gasteiger partial charge in [0, 0.05) is 21.0 Å². The first-order valence-electron chi connectivity index (χ1n) is 8.96. The normalized spacial score (nSPS) is 10.5. The van der Waals surface area contributed by atoms with Gasteiger partial charge in [0.25, 0.3) is 5.91 Å². The van der Waals surface area contributed by atoms with Crippen molar-refractivity contribution in [2.45, 2.75) is 13.8 Å². The number of ether oxygens (including phenoxy) is 2. The molecule has 1 heterocycles. The van der Waals surface area contributed by atoms with Crippen molar-refractivity contribution < 1.29 is 19.1 Å². The summed E-state index contributed by atoms with van der Waals surface area (Å²) in [6, 6.07) is 14.1. The highest BCUT2D eigenvalue weighted by Crippen LogP contribution is 2.41. The number of halogens is 1. The highest BCUT2D eigenvalue weighted by atomic mass is 35.5. The van der Waals surface area contributed by atoms with Gasteiger partial charge in [-0.15, -0.1) is 11.3 Å². The molecule has 0 bridgehead atoms. The van der Waals surface area contributed by atoms with Crippen molar-refractivity contribution in [1.82, 2.24) is 0 Å². The Hall–Kier alpha value is -2.83. The second-order valence-electron chi connectivity index (χ2n) is 6.15. The van der Waals surface area contributed by atoms with Crippen LogP contribution < -0.4 is 10.1 Å². The number of thiophene rings is 1. The third-order valence-electron chi connectivity index (χ3n) is 4.24. The first-order valence-corrected chi connectivity index (χ1v) is 10.2. The van der Waals surface area contributed by atoms with Gasteiger partial charge < -0.3 is 14.8 Å². The lowest BCUT2D eigenvalue weighted by Crippen LogP contribution is -2.14. The zero-order valence-electron chi connectivity index (χ0n) is 16.2. The maximum atomic E-state index is 12.7. The van der Waals surface area contributed by atoms with E-state index >= 15 is 0 Å². The van der Waals surface area contributed by atoms with Gasteiger partial charge in [0.15, 0.2) is 0 Å². The third-order valence-corrected chi connectivity index (χ3v) is 5.50. The molecule has 0 saturated heterocycles. The summed E-state index contributed by atoms with van der Waals surface area (Å²) >= 11 is 7.30. The molecule has 0 radical (unpaired) electrons. The lowest BCUT2D eigenvalue weighted by molar-refractivity contribution is 0.0603. The van der Waals surface area contributed by atoms with Gasteiger partial charge >= 0.3 is 5.97 Å². The van der Waals surface area contributed by atoms with Crippen molar-refractivity contribution in [2.75, 3.05) is 19.0 Å². The first-order chi connectivity index (χ1) is 13.9. The van der Waals surface area contributed by atoms with E-state index in [1.165, 1.54) is 18.4 Å². The van der Waals surface area contributed by atoms with Gasteiger partial charge in [-0.1, -0.05) is 29.8 Å². The minimum Gasteiger partial charge on any atom is -0.494 e. The molecule has 0 fully saturated rings. The minimum atomic E-state index is -0.514. The smallest absolute Gasteiger partial charge is 0.341 e. The Bertz CT molecular complexity index is 1040. The molecule has 0 unspecified atom stereocenters. The number of carbonyl (C=O) groups is 2. The summed E-state index contributed by atoms with van der Waals surface area (Å²) in [5.74, 6) is -0.116. The van der Waals surface area contributed by atoms with Crippen LogP contribution in [0.3, 0.4) is 0 Å². The fraction of sp³-hybridized carbons (Fsp3) is 0.182. The molecular weight excluding hydrogens is 410 g/mol. The Kier molecular flexibility index (Phi) is 6.56. The molecule has 1 aromatic heterocycles. The fourth-order valence-electron chi connectivity index (χ4n) is 2.97. The standard InChI is InChI=1S/C22H20ClNO4S/c1-4-28-17-10-8-14(9-11-17)18-13(2)29-21(19(18)22(26)27-3)24-20(25)15-6-5-7-16(23)12-15/h5-12H,4H2,1-3H3,(H,24,25). The predicted molar refractivity (Wildman–Crippen MR) is 116 cm³/mol. The van der Waals surface area contributed by atoms with Crippen LogP contribution in [-0.2, 0) is 4.74 Å². The molecule has 2 aromatic carbocycles. The highest BCUT2D eigenvalue weighted by Gasteiger charge is 2.25. The molecule has 0 aliphatic rings. The molecule has 29 heavy (non-hydrogen) atoms. The number of anilines is 1. The molecule has 3 rings (SSSR count). The van der Waals surface area contributed by atoms with Crippen molar-refractivity contribution in [3.05, 3.63) is 69.6 Å². The number of carbonyl (C=O) groups excluding carboxylic acids is 2. The van der Waals surface area contributed by atoms with E-state index in [2.05, 4.69) is 5.32 Å². The number of amides is 1. The van der Waals surface area contributed by atoms with Crippen LogP contribution >= 0.6 is 22.9 Å². The molecule has 5 nitrogen and oxygen atoms in total. The molecule has 0 saturated carbocycles. The van der Waals surface area contributed by atoms with E-state index in [4.69, 9.17) is 21.1 Å². The largest absolute Gasteiger partial charge is 0.494 e. The Labute approximate surface area is 178 Å². The second-order valence-corrected chi connectivity index (χ2v) is 7.81. The van der Waals surface area contributed by atoms with E-state index in [9.17, 15) is 9.59 Å². The van der Waals surface area contributed by atoms with Crippen molar-refractivity contribution >= 4 is 39.8 Å². The number of rotatable bonds is 6. The Balaban J connectivity index is 2.01. The molecule has 1 amide bonds. The van der Waals surface area contributed by atoms with Crippen molar-refractivity contribution in [3.63, 3.8) is 0 Å². The topological polar surface area (TPSA) is 64.6 Å². The van der Waals surface area contributed by atoms with Crippen LogP contribution in [0.4, 0.5) is 5.00 Å². The van der Waals surface area contributed by atoms with Crippen LogP contribution in [0, 0.1) is 6.92 Å². The van der Waals surface area contributed by atoms with E-state index in [0.29, 0.717) is 27.8 Å². The van der Waals surface area contributed by atoms with Crippen molar-refractivity contribution in [2.24, 2.45) is 0 Å². The first kappa shape index (κ1) is 20.9. The molecule has 150 valence electrons. The summed E-state index contributed by atoms with van der Waals surface area (Å²) in [6.45, 7) is 4.39. The van der Waals surface area contributed by atoms with Crippen LogP contribution in [0.15, 0.2) is 48.5 Å². The zero-order chi connectivity index (χ0) is 21.0. The summed E-state index contributed by atoms with van der Waals surface area (Å²) in [6.07, 6.45) is 0. The van der Waals surface area contributed by atoms with Gasteiger partial charge in [0.1, 0.15) is 16.3 Å². The van der Waals surface area contributed by atoms with Crippen LogP contribution in [0.25, 0.3) is 11.1 Å².